The maximum atomic E-state index is 12.4. The van der Waals surface area contributed by atoms with Gasteiger partial charge in [-0.25, -0.2) is 0 Å². The van der Waals surface area contributed by atoms with E-state index in [2.05, 4.69) is 5.32 Å². The molecule has 0 saturated heterocycles. The summed E-state index contributed by atoms with van der Waals surface area (Å²) in [6, 6.07) is 10.7. The molecule has 0 saturated carbocycles. The summed E-state index contributed by atoms with van der Waals surface area (Å²) in [5, 5.41) is 2.89. The highest BCUT2D eigenvalue weighted by molar-refractivity contribution is 5.94. The SMILES string of the molecule is CCCOc1ccc(C(=O)NCc2ccc(OC)c(OC)c2OC)cc1. The Hall–Kier alpha value is -2.89. The van der Waals surface area contributed by atoms with Crippen LogP contribution in [0.2, 0.25) is 0 Å². The van der Waals surface area contributed by atoms with Crippen molar-refractivity contribution in [2.24, 2.45) is 0 Å². The van der Waals surface area contributed by atoms with Gasteiger partial charge in [0, 0.05) is 17.7 Å². The molecule has 26 heavy (non-hydrogen) atoms. The summed E-state index contributed by atoms with van der Waals surface area (Å²) in [6.07, 6.45) is 0.940. The molecular weight excluding hydrogens is 334 g/mol. The second kappa shape index (κ2) is 9.56. The van der Waals surface area contributed by atoms with E-state index < -0.39 is 0 Å². The van der Waals surface area contributed by atoms with E-state index in [1.807, 2.05) is 13.0 Å². The zero-order chi connectivity index (χ0) is 18.9. The van der Waals surface area contributed by atoms with Gasteiger partial charge in [0.25, 0.3) is 5.91 Å². The molecule has 0 bridgehead atoms. The highest BCUT2D eigenvalue weighted by atomic mass is 16.5. The Morgan fingerprint density at radius 3 is 2.19 bits per heavy atom. The van der Waals surface area contributed by atoms with E-state index in [4.69, 9.17) is 18.9 Å². The number of carbonyl (C=O) groups is 1. The first kappa shape index (κ1) is 19.4. The van der Waals surface area contributed by atoms with Crippen molar-refractivity contribution in [3.63, 3.8) is 0 Å². The average molecular weight is 359 g/mol. The monoisotopic (exact) mass is 359 g/mol. The van der Waals surface area contributed by atoms with E-state index in [-0.39, 0.29) is 5.91 Å². The van der Waals surface area contributed by atoms with Gasteiger partial charge in [0.1, 0.15) is 5.75 Å². The van der Waals surface area contributed by atoms with Gasteiger partial charge in [-0.1, -0.05) is 6.92 Å². The predicted molar refractivity (Wildman–Crippen MR) is 99.5 cm³/mol. The number of nitrogens with one attached hydrogen (secondary N) is 1. The average Bonchev–Trinajstić information content (AvgIpc) is 2.69. The quantitative estimate of drug-likeness (QED) is 0.743. The van der Waals surface area contributed by atoms with Crippen LogP contribution in [0.3, 0.4) is 0 Å². The molecule has 0 atom stereocenters. The Labute approximate surface area is 154 Å². The molecule has 0 unspecified atom stereocenters. The van der Waals surface area contributed by atoms with Crippen LogP contribution in [0.25, 0.3) is 0 Å². The largest absolute Gasteiger partial charge is 0.494 e. The standard InChI is InChI=1S/C20H25NO5/c1-5-12-26-16-9-6-14(7-10-16)20(22)21-13-15-8-11-17(23-2)19(25-4)18(15)24-3/h6-11H,5,12-13H2,1-4H3,(H,21,22). The maximum absolute atomic E-state index is 12.4. The smallest absolute Gasteiger partial charge is 0.251 e. The zero-order valence-electron chi connectivity index (χ0n) is 15.6. The van der Waals surface area contributed by atoms with E-state index >= 15 is 0 Å². The molecule has 2 aromatic rings. The van der Waals surface area contributed by atoms with Crippen LogP contribution in [0, 0.1) is 0 Å². The fourth-order valence-electron chi connectivity index (χ4n) is 2.50. The molecule has 0 fully saturated rings. The van der Waals surface area contributed by atoms with Crippen molar-refractivity contribution >= 4 is 5.91 Å². The van der Waals surface area contributed by atoms with Gasteiger partial charge < -0.3 is 24.3 Å². The lowest BCUT2D eigenvalue weighted by Crippen LogP contribution is -2.23. The van der Waals surface area contributed by atoms with Gasteiger partial charge in [-0.05, 0) is 42.8 Å². The van der Waals surface area contributed by atoms with Crippen molar-refractivity contribution in [2.75, 3.05) is 27.9 Å². The van der Waals surface area contributed by atoms with Gasteiger partial charge in [0.15, 0.2) is 11.5 Å². The third-order valence-corrected chi connectivity index (χ3v) is 3.81. The first-order valence-corrected chi connectivity index (χ1v) is 8.43. The molecule has 2 aromatic carbocycles. The number of benzene rings is 2. The summed E-state index contributed by atoms with van der Waals surface area (Å²) in [6.45, 7) is 3.01. The maximum Gasteiger partial charge on any atom is 0.251 e. The van der Waals surface area contributed by atoms with Crippen LogP contribution in [0.15, 0.2) is 36.4 Å². The molecule has 0 aliphatic carbocycles. The van der Waals surface area contributed by atoms with E-state index in [1.54, 1.807) is 51.7 Å². The van der Waals surface area contributed by atoms with E-state index in [1.165, 1.54) is 0 Å². The third kappa shape index (κ3) is 4.59. The van der Waals surface area contributed by atoms with E-state index in [0.717, 1.165) is 17.7 Å². The van der Waals surface area contributed by atoms with Gasteiger partial charge in [-0.3, -0.25) is 4.79 Å². The minimum Gasteiger partial charge on any atom is -0.494 e. The fraction of sp³-hybridized carbons (Fsp3) is 0.350. The lowest BCUT2D eigenvalue weighted by Gasteiger charge is -2.16. The minimum atomic E-state index is -0.177. The molecule has 2 rings (SSSR count). The fourth-order valence-corrected chi connectivity index (χ4v) is 2.50. The molecular formula is C20H25NO5. The van der Waals surface area contributed by atoms with Gasteiger partial charge in [0.05, 0.1) is 27.9 Å². The second-order valence-corrected chi connectivity index (χ2v) is 5.55. The van der Waals surface area contributed by atoms with Crippen LogP contribution in [-0.2, 0) is 6.54 Å². The van der Waals surface area contributed by atoms with Gasteiger partial charge in [0.2, 0.25) is 5.75 Å². The number of methoxy groups -OCH3 is 3. The minimum absolute atomic E-state index is 0.177. The van der Waals surface area contributed by atoms with Crippen LogP contribution < -0.4 is 24.3 Å². The van der Waals surface area contributed by atoms with Gasteiger partial charge in [-0.2, -0.15) is 0 Å². The molecule has 6 nitrogen and oxygen atoms in total. The van der Waals surface area contributed by atoms with Crippen molar-refractivity contribution in [1.82, 2.24) is 5.32 Å². The van der Waals surface area contributed by atoms with Gasteiger partial charge >= 0.3 is 0 Å². The van der Waals surface area contributed by atoms with Crippen LogP contribution in [0.5, 0.6) is 23.0 Å². The number of ether oxygens (including phenoxy) is 4. The van der Waals surface area contributed by atoms with Crippen LogP contribution in [-0.4, -0.2) is 33.8 Å². The first-order valence-electron chi connectivity index (χ1n) is 8.43. The zero-order valence-corrected chi connectivity index (χ0v) is 15.6. The summed E-state index contributed by atoms with van der Waals surface area (Å²) < 4.78 is 21.6. The Kier molecular flexibility index (Phi) is 7.14. The van der Waals surface area contributed by atoms with Crippen molar-refractivity contribution in [2.45, 2.75) is 19.9 Å². The number of rotatable bonds is 9. The number of carbonyl (C=O) groups excluding carboxylic acids is 1. The van der Waals surface area contributed by atoms with Crippen LogP contribution in [0.4, 0.5) is 0 Å². The van der Waals surface area contributed by atoms with E-state index in [9.17, 15) is 4.79 Å². The molecule has 140 valence electrons. The second-order valence-electron chi connectivity index (χ2n) is 5.55. The Morgan fingerprint density at radius 1 is 0.923 bits per heavy atom. The highest BCUT2D eigenvalue weighted by Gasteiger charge is 2.16. The molecule has 0 aliphatic heterocycles. The predicted octanol–water partition coefficient (Wildman–Crippen LogP) is 3.43. The van der Waals surface area contributed by atoms with Crippen molar-refractivity contribution in [3.05, 3.63) is 47.5 Å². The lowest BCUT2D eigenvalue weighted by atomic mass is 10.1. The van der Waals surface area contributed by atoms with Crippen LogP contribution in [0.1, 0.15) is 29.3 Å². The van der Waals surface area contributed by atoms with E-state index in [0.29, 0.717) is 36.0 Å². The Morgan fingerprint density at radius 2 is 1.62 bits per heavy atom. The van der Waals surface area contributed by atoms with Gasteiger partial charge in [-0.15, -0.1) is 0 Å². The Bertz CT molecular complexity index is 728. The molecule has 0 aromatic heterocycles. The summed E-state index contributed by atoms with van der Waals surface area (Å²) in [5.41, 5.74) is 1.36. The Balaban J connectivity index is 2.07. The number of amides is 1. The normalized spacial score (nSPS) is 10.2. The van der Waals surface area contributed by atoms with Crippen molar-refractivity contribution < 1.29 is 23.7 Å². The molecule has 1 amide bonds. The lowest BCUT2D eigenvalue weighted by molar-refractivity contribution is 0.0950. The highest BCUT2D eigenvalue weighted by Crippen LogP contribution is 2.39. The van der Waals surface area contributed by atoms with Crippen LogP contribution >= 0.6 is 0 Å². The summed E-state index contributed by atoms with van der Waals surface area (Å²) >= 11 is 0. The summed E-state index contributed by atoms with van der Waals surface area (Å²) in [7, 11) is 4.66. The summed E-state index contributed by atoms with van der Waals surface area (Å²) in [5.74, 6) is 2.19. The van der Waals surface area contributed by atoms with Crippen molar-refractivity contribution in [1.29, 1.82) is 0 Å². The first-order chi connectivity index (χ1) is 12.6. The van der Waals surface area contributed by atoms with Crippen molar-refractivity contribution in [3.8, 4) is 23.0 Å². The molecule has 0 heterocycles. The molecule has 0 spiro atoms. The summed E-state index contributed by atoms with van der Waals surface area (Å²) in [4.78, 5) is 12.4. The molecule has 0 radical (unpaired) electrons. The number of hydrogen-bond donors (Lipinski definition) is 1. The molecule has 6 heteroatoms. The topological polar surface area (TPSA) is 66.0 Å². The third-order valence-electron chi connectivity index (χ3n) is 3.81. The number of hydrogen-bond acceptors (Lipinski definition) is 5. The molecule has 0 aliphatic rings. The molecule has 1 N–H and O–H groups in total.